The Balaban J connectivity index is 1.77. The van der Waals surface area contributed by atoms with Gasteiger partial charge in [0, 0.05) is 0 Å². The largest absolute Gasteiger partial charge is 0.319 e. The van der Waals surface area contributed by atoms with Crippen molar-refractivity contribution in [1.82, 2.24) is 5.32 Å². The summed E-state index contributed by atoms with van der Waals surface area (Å²) in [6.07, 6.45) is 13.5. The van der Waals surface area contributed by atoms with Gasteiger partial charge in [-0.1, -0.05) is 45.4 Å². The number of nitrogens with one attached hydrogen (secondary N) is 1. The van der Waals surface area contributed by atoms with E-state index in [1.807, 2.05) is 0 Å². The van der Waals surface area contributed by atoms with Crippen LogP contribution in [0.5, 0.6) is 0 Å². The zero-order chi connectivity index (χ0) is 12.1. The smallest absolute Gasteiger partial charge is 0.00209 e. The highest BCUT2D eigenvalue weighted by molar-refractivity contribution is 4.81. The molecule has 2 rings (SSSR count). The molecule has 100 valence electrons. The minimum absolute atomic E-state index is 0.970. The Kier molecular flexibility index (Phi) is 5.34. The fourth-order valence-electron chi connectivity index (χ4n) is 4.19. The maximum absolute atomic E-state index is 3.41. The van der Waals surface area contributed by atoms with E-state index in [4.69, 9.17) is 0 Å². The van der Waals surface area contributed by atoms with Gasteiger partial charge in [0.15, 0.2) is 0 Å². The highest BCUT2D eigenvalue weighted by atomic mass is 14.8. The van der Waals surface area contributed by atoms with E-state index < -0.39 is 0 Å². The van der Waals surface area contributed by atoms with Crippen molar-refractivity contribution >= 4 is 0 Å². The monoisotopic (exact) mass is 237 g/mol. The molecule has 0 heterocycles. The van der Waals surface area contributed by atoms with E-state index in [9.17, 15) is 0 Å². The first-order valence-electron chi connectivity index (χ1n) is 7.94. The molecule has 3 atom stereocenters. The van der Waals surface area contributed by atoms with Crippen LogP contribution in [0, 0.1) is 23.7 Å². The summed E-state index contributed by atoms with van der Waals surface area (Å²) in [5.74, 6) is 4.06. The Morgan fingerprint density at radius 2 is 1.71 bits per heavy atom. The summed E-state index contributed by atoms with van der Waals surface area (Å²) in [5, 5.41) is 3.41. The van der Waals surface area contributed by atoms with Crippen LogP contribution in [0.4, 0.5) is 0 Å². The molecule has 0 radical (unpaired) electrons. The summed E-state index contributed by atoms with van der Waals surface area (Å²) in [5.41, 5.74) is 0. The van der Waals surface area contributed by atoms with Gasteiger partial charge in [-0.15, -0.1) is 0 Å². The summed E-state index contributed by atoms with van der Waals surface area (Å²) in [4.78, 5) is 0. The average molecular weight is 237 g/mol. The number of rotatable bonds is 5. The maximum Gasteiger partial charge on any atom is -0.00209 e. The quantitative estimate of drug-likeness (QED) is 0.754. The van der Waals surface area contributed by atoms with E-state index in [0.29, 0.717) is 0 Å². The Hall–Kier alpha value is -0.0400. The van der Waals surface area contributed by atoms with Crippen molar-refractivity contribution in [2.45, 2.75) is 64.7 Å². The van der Waals surface area contributed by atoms with Crippen LogP contribution >= 0.6 is 0 Å². The van der Waals surface area contributed by atoms with E-state index in [-0.39, 0.29) is 0 Å². The van der Waals surface area contributed by atoms with E-state index in [1.54, 1.807) is 0 Å². The molecule has 0 spiro atoms. The molecular weight excluding hydrogens is 206 g/mol. The maximum atomic E-state index is 3.41. The third kappa shape index (κ3) is 3.98. The van der Waals surface area contributed by atoms with Crippen LogP contribution in [0.2, 0.25) is 0 Å². The summed E-state index contributed by atoms with van der Waals surface area (Å²) >= 11 is 0. The van der Waals surface area contributed by atoms with Gasteiger partial charge in [-0.3, -0.25) is 0 Å². The molecule has 0 aromatic carbocycles. The molecule has 1 N–H and O–H groups in total. The summed E-state index contributed by atoms with van der Waals surface area (Å²) in [6.45, 7) is 3.71. The van der Waals surface area contributed by atoms with Crippen LogP contribution in [0.3, 0.4) is 0 Å². The lowest BCUT2D eigenvalue weighted by atomic mass is 9.72. The van der Waals surface area contributed by atoms with Gasteiger partial charge in [0.05, 0.1) is 0 Å². The molecule has 2 fully saturated rings. The first-order chi connectivity index (χ1) is 8.29. The first kappa shape index (κ1) is 13.4. The first-order valence-corrected chi connectivity index (χ1v) is 7.94. The predicted molar refractivity (Wildman–Crippen MR) is 75.1 cm³/mol. The fraction of sp³-hybridized carbons (Fsp3) is 1.00. The molecule has 0 aromatic heterocycles. The lowest BCUT2D eigenvalue weighted by Crippen LogP contribution is -2.31. The molecule has 2 aliphatic carbocycles. The predicted octanol–water partition coefficient (Wildman–Crippen LogP) is 4.23. The number of hydrogen-bond acceptors (Lipinski definition) is 1. The van der Waals surface area contributed by atoms with Gasteiger partial charge in [-0.25, -0.2) is 0 Å². The Bertz CT molecular complexity index is 208. The van der Waals surface area contributed by atoms with Gasteiger partial charge in [0.25, 0.3) is 0 Å². The zero-order valence-electron chi connectivity index (χ0n) is 11.9. The number of hydrogen-bond donors (Lipinski definition) is 1. The van der Waals surface area contributed by atoms with Crippen LogP contribution in [0.1, 0.15) is 64.7 Å². The topological polar surface area (TPSA) is 12.0 Å². The molecule has 0 amide bonds. The molecule has 0 aliphatic heterocycles. The van der Waals surface area contributed by atoms with Gasteiger partial charge >= 0.3 is 0 Å². The zero-order valence-corrected chi connectivity index (χ0v) is 11.9. The second-order valence-corrected chi connectivity index (χ2v) is 6.72. The lowest BCUT2D eigenvalue weighted by Gasteiger charge is -2.35. The van der Waals surface area contributed by atoms with Crippen molar-refractivity contribution < 1.29 is 0 Å². The molecule has 17 heavy (non-hydrogen) atoms. The van der Waals surface area contributed by atoms with E-state index in [1.165, 1.54) is 64.3 Å². The Morgan fingerprint density at radius 3 is 2.41 bits per heavy atom. The minimum atomic E-state index is 0.970. The minimum Gasteiger partial charge on any atom is -0.319 e. The van der Waals surface area contributed by atoms with Crippen LogP contribution in [-0.2, 0) is 0 Å². The van der Waals surface area contributed by atoms with Gasteiger partial charge in [-0.2, -0.15) is 0 Å². The second-order valence-electron chi connectivity index (χ2n) is 6.72. The molecule has 1 nitrogen and oxygen atoms in total. The van der Waals surface area contributed by atoms with E-state index in [2.05, 4.69) is 19.3 Å². The van der Waals surface area contributed by atoms with Crippen molar-refractivity contribution in [3.05, 3.63) is 0 Å². The van der Waals surface area contributed by atoms with Gasteiger partial charge in [0.1, 0.15) is 0 Å². The molecule has 1 heteroatoms. The summed E-state index contributed by atoms with van der Waals surface area (Å²) in [7, 11) is 2.12. The van der Waals surface area contributed by atoms with Crippen molar-refractivity contribution in [3.63, 3.8) is 0 Å². The normalized spacial score (nSPS) is 35.3. The van der Waals surface area contributed by atoms with Crippen molar-refractivity contribution in [1.29, 1.82) is 0 Å². The van der Waals surface area contributed by atoms with Crippen molar-refractivity contribution in [2.24, 2.45) is 23.7 Å². The van der Waals surface area contributed by atoms with Crippen molar-refractivity contribution in [2.75, 3.05) is 13.6 Å². The molecule has 0 bridgehead atoms. The van der Waals surface area contributed by atoms with Gasteiger partial charge in [0.2, 0.25) is 0 Å². The molecule has 3 unspecified atom stereocenters. The molecule has 0 aromatic rings. The van der Waals surface area contributed by atoms with Crippen LogP contribution in [0.25, 0.3) is 0 Å². The molecule has 0 saturated heterocycles. The van der Waals surface area contributed by atoms with Crippen LogP contribution in [0.15, 0.2) is 0 Å². The molecule has 2 saturated carbocycles. The Morgan fingerprint density at radius 1 is 0.941 bits per heavy atom. The van der Waals surface area contributed by atoms with Crippen molar-refractivity contribution in [3.8, 4) is 0 Å². The summed E-state index contributed by atoms with van der Waals surface area (Å²) in [6, 6.07) is 0. The van der Waals surface area contributed by atoms with E-state index in [0.717, 1.165) is 23.7 Å². The lowest BCUT2D eigenvalue weighted by molar-refractivity contribution is 0.168. The molecular formula is C16H31N. The Labute approximate surface area is 108 Å². The standard InChI is InChI=1S/C16H31N/c1-13-7-9-16(12-17-2)15(11-13)10-8-14-5-3-4-6-14/h13-17H,3-12H2,1-2H3. The fourth-order valence-corrected chi connectivity index (χ4v) is 4.19. The third-order valence-corrected chi connectivity index (χ3v) is 5.29. The van der Waals surface area contributed by atoms with Crippen LogP contribution in [-0.4, -0.2) is 13.6 Å². The van der Waals surface area contributed by atoms with Gasteiger partial charge in [-0.05, 0) is 56.5 Å². The van der Waals surface area contributed by atoms with Crippen LogP contribution < -0.4 is 5.32 Å². The average Bonchev–Trinajstić information content (AvgIpc) is 2.82. The SMILES string of the molecule is CNCC1CCC(C)CC1CCC1CCCC1. The van der Waals surface area contributed by atoms with E-state index >= 15 is 0 Å². The molecule has 2 aliphatic rings. The summed E-state index contributed by atoms with van der Waals surface area (Å²) < 4.78 is 0. The highest BCUT2D eigenvalue weighted by Crippen LogP contribution is 2.38. The second kappa shape index (κ2) is 6.78. The van der Waals surface area contributed by atoms with Gasteiger partial charge < -0.3 is 5.32 Å². The highest BCUT2D eigenvalue weighted by Gasteiger charge is 2.28. The third-order valence-electron chi connectivity index (χ3n) is 5.29.